The Morgan fingerprint density at radius 2 is 1.83 bits per heavy atom. The first kappa shape index (κ1) is 17.7. The van der Waals surface area contributed by atoms with Crippen molar-refractivity contribution in [3.63, 3.8) is 0 Å². The van der Waals surface area contributed by atoms with Gasteiger partial charge < -0.3 is 9.47 Å². The fraction of sp³-hybridized carbons (Fsp3) is 0.250. The lowest BCUT2D eigenvalue weighted by Gasteiger charge is -2.12. The minimum absolute atomic E-state index is 0.186. The Bertz CT molecular complexity index is 718. The fourth-order valence-electron chi connectivity index (χ4n) is 2.05. The summed E-state index contributed by atoms with van der Waals surface area (Å²) in [6, 6.07) is 11.0. The molecule has 2 aromatic carbocycles. The number of allylic oxidation sites excluding steroid dienone is 1. The Kier molecular flexibility index (Phi) is 6.13. The number of halogens is 1. The summed E-state index contributed by atoms with van der Waals surface area (Å²) in [4.78, 5) is 12.1. The van der Waals surface area contributed by atoms with Crippen LogP contribution in [0.5, 0.6) is 11.5 Å². The Labute approximate surface area is 141 Å². The first-order valence-corrected chi connectivity index (χ1v) is 7.78. The Morgan fingerprint density at radius 3 is 2.46 bits per heavy atom. The predicted octanol–water partition coefficient (Wildman–Crippen LogP) is 4.77. The summed E-state index contributed by atoms with van der Waals surface area (Å²) >= 11 is 0. The maximum Gasteiger partial charge on any atom is 0.185 e. The van der Waals surface area contributed by atoms with Gasteiger partial charge in [-0.05, 0) is 54.0 Å². The van der Waals surface area contributed by atoms with E-state index >= 15 is 0 Å². The Morgan fingerprint density at radius 1 is 1.12 bits per heavy atom. The molecule has 0 spiro atoms. The highest BCUT2D eigenvalue weighted by Gasteiger charge is 2.07. The molecule has 0 amide bonds. The molecule has 0 saturated heterocycles. The number of carbonyl (C=O) groups excluding carboxylic acids is 1. The molecule has 2 aromatic rings. The molecule has 0 aliphatic rings. The van der Waals surface area contributed by atoms with E-state index in [0.717, 1.165) is 5.56 Å². The molecule has 4 heteroatoms. The number of carbonyl (C=O) groups is 1. The van der Waals surface area contributed by atoms with Gasteiger partial charge in [-0.15, -0.1) is 0 Å². The normalized spacial score (nSPS) is 11.0. The molecular formula is C20H21FO3. The number of hydrogen-bond acceptors (Lipinski definition) is 3. The maximum absolute atomic E-state index is 12.9. The van der Waals surface area contributed by atoms with Crippen molar-refractivity contribution in [3.05, 3.63) is 65.5 Å². The van der Waals surface area contributed by atoms with Crippen LogP contribution in [0, 0.1) is 11.7 Å². The molecule has 126 valence electrons. The number of ether oxygens (including phenoxy) is 2. The van der Waals surface area contributed by atoms with Gasteiger partial charge >= 0.3 is 0 Å². The molecule has 0 unspecified atom stereocenters. The molecule has 3 nitrogen and oxygen atoms in total. The van der Waals surface area contributed by atoms with E-state index in [-0.39, 0.29) is 11.6 Å². The molecule has 0 aliphatic carbocycles. The molecular weight excluding hydrogens is 307 g/mol. The summed E-state index contributed by atoms with van der Waals surface area (Å²) in [5, 5.41) is 0. The lowest BCUT2D eigenvalue weighted by Crippen LogP contribution is -2.05. The molecule has 0 aromatic heterocycles. The van der Waals surface area contributed by atoms with E-state index in [1.54, 1.807) is 13.2 Å². The molecule has 0 radical (unpaired) electrons. The van der Waals surface area contributed by atoms with Gasteiger partial charge in [0.25, 0.3) is 0 Å². The number of rotatable bonds is 7. The third kappa shape index (κ3) is 4.95. The minimum Gasteiger partial charge on any atom is -0.493 e. The van der Waals surface area contributed by atoms with Crippen molar-refractivity contribution < 1.29 is 18.7 Å². The molecule has 2 rings (SSSR count). The van der Waals surface area contributed by atoms with Crippen LogP contribution in [-0.2, 0) is 0 Å². The zero-order chi connectivity index (χ0) is 17.5. The fourth-order valence-corrected chi connectivity index (χ4v) is 2.05. The third-order valence-corrected chi connectivity index (χ3v) is 3.32. The maximum atomic E-state index is 12.9. The van der Waals surface area contributed by atoms with Crippen molar-refractivity contribution in [1.29, 1.82) is 0 Å². The topological polar surface area (TPSA) is 35.5 Å². The molecule has 0 fully saturated rings. The standard InChI is InChI=1S/C20H21FO3/c1-14(2)13-24-19-11-5-15(12-20(19)23-3)4-10-18(22)16-6-8-17(21)9-7-16/h4-12,14H,13H2,1-3H3/b10-4+. The van der Waals surface area contributed by atoms with Crippen molar-refractivity contribution in [2.45, 2.75) is 13.8 Å². The van der Waals surface area contributed by atoms with Gasteiger partial charge in [-0.25, -0.2) is 4.39 Å². The van der Waals surface area contributed by atoms with Gasteiger partial charge in [-0.1, -0.05) is 26.0 Å². The van der Waals surface area contributed by atoms with Crippen LogP contribution in [-0.4, -0.2) is 19.5 Å². The van der Waals surface area contributed by atoms with E-state index in [4.69, 9.17) is 9.47 Å². The predicted molar refractivity (Wildman–Crippen MR) is 93.1 cm³/mol. The zero-order valence-corrected chi connectivity index (χ0v) is 14.1. The Hall–Kier alpha value is -2.62. The zero-order valence-electron chi connectivity index (χ0n) is 14.1. The van der Waals surface area contributed by atoms with Crippen LogP contribution in [0.3, 0.4) is 0 Å². The quantitative estimate of drug-likeness (QED) is 0.543. The Balaban J connectivity index is 2.11. The van der Waals surface area contributed by atoms with E-state index in [1.807, 2.05) is 18.2 Å². The molecule has 0 aliphatic heterocycles. The minimum atomic E-state index is -0.364. The van der Waals surface area contributed by atoms with Gasteiger partial charge in [0.1, 0.15) is 5.82 Å². The number of benzene rings is 2. The van der Waals surface area contributed by atoms with Crippen molar-refractivity contribution in [1.82, 2.24) is 0 Å². The van der Waals surface area contributed by atoms with Crippen LogP contribution in [0.2, 0.25) is 0 Å². The lowest BCUT2D eigenvalue weighted by molar-refractivity contribution is 0.104. The van der Waals surface area contributed by atoms with E-state index in [9.17, 15) is 9.18 Å². The van der Waals surface area contributed by atoms with Crippen molar-refractivity contribution in [2.75, 3.05) is 13.7 Å². The van der Waals surface area contributed by atoms with E-state index < -0.39 is 0 Å². The second-order valence-electron chi connectivity index (χ2n) is 5.82. The number of ketones is 1. The second kappa shape index (κ2) is 8.29. The van der Waals surface area contributed by atoms with Crippen LogP contribution in [0.15, 0.2) is 48.5 Å². The lowest BCUT2D eigenvalue weighted by atomic mass is 10.1. The third-order valence-electron chi connectivity index (χ3n) is 3.32. The summed E-state index contributed by atoms with van der Waals surface area (Å²) in [6.07, 6.45) is 3.15. The molecule has 0 N–H and O–H groups in total. The first-order valence-electron chi connectivity index (χ1n) is 7.78. The van der Waals surface area contributed by atoms with E-state index in [2.05, 4.69) is 13.8 Å². The monoisotopic (exact) mass is 328 g/mol. The van der Waals surface area contributed by atoms with Gasteiger partial charge in [0.15, 0.2) is 17.3 Å². The van der Waals surface area contributed by atoms with Gasteiger partial charge in [-0.3, -0.25) is 4.79 Å². The summed E-state index contributed by atoms with van der Waals surface area (Å²) in [5.74, 6) is 1.16. The van der Waals surface area contributed by atoms with Crippen molar-refractivity contribution in [2.24, 2.45) is 5.92 Å². The van der Waals surface area contributed by atoms with E-state index in [0.29, 0.717) is 29.6 Å². The van der Waals surface area contributed by atoms with Crippen molar-refractivity contribution >= 4 is 11.9 Å². The highest BCUT2D eigenvalue weighted by atomic mass is 19.1. The summed E-state index contributed by atoms with van der Waals surface area (Å²) in [6.45, 7) is 4.75. The van der Waals surface area contributed by atoms with E-state index in [1.165, 1.54) is 30.3 Å². The van der Waals surface area contributed by atoms with Gasteiger partial charge in [0.2, 0.25) is 0 Å². The number of hydrogen-bond donors (Lipinski definition) is 0. The molecule has 0 atom stereocenters. The van der Waals surface area contributed by atoms with Gasteiger partial charge in [-0.2, -0.15) is 0 Å². The van der Waals surface area contributed by atoms with Crippen LogP contribution in [0.25, 0.3) is 6.08 Å². The first-order chi connectivity index (χ1) is 11.5. The summed E-state index contributed by atoms with van der Waals surface area (Å²) in [7, 11) is 1.58. The molecule has 0 saturated carbocycles. The molecule has 0 heterocycles. The van der Waals surface area contributed by atoms with Crippen LogP contribution in [0.4, 0.5) is 4.39 Å². The summed E-state index contributed by atoms with van der Waals surface area (Å²) < 4.78 is 23.9. The average Bonchev–Trinajstić information content (AvgIpc) is 2.58. The highest BCUT2D eigenvalue weighted by molar-refractivity contribution is 6.06. The summed E-state index contributed by atoms with van der Waals surface area (Å²) in [5.41, 5.74) is 1.26. The SMILES string of the molecule is COc1cc(/C=C/C(=O)c2ccc(F)cc2)ccc1OCC(C)C. The van der Waals surface area contributed by atoms with Crippen LogP contribution < -0.4 is 9.47 Å². The largest absolute Gasteiger partial charge is 0.493 e. The molecule has 24 heavy (non-hydrogen) atoms. The highest BCUT2D eigenvalue weighted by Crippen LogP contribution is 2.29. The van der Waals surface area contributed by atoms with Crippen LogP contribution >= 0.6 is 0 Å². The number of methoxy groups -OCH3 is 1. The van der Waals surface area contributed by atoms with Crippen molar-refractivity contribution in [3.8, 4) is 11.5 Å². The average molecular weight is 328 g/mol. The smallest absolute Gasteiger partial charge is 0.185 e. The van der Waals surface area contributed by atoms with Crippen LogP contribution in [0.1, 0.15) is 29.8 Å². The molecule has 0 bridgehead atoms. The van der Waals surface area contributed by atoms with Gasteiger partial charge in [0.05, 0.1) is 13.7 Å². The van der Waals surface area contributed by atoms with Gasteiger partial charge in [0, 0.05) is 5.56 Å². The second-order valence-corrected chi connectivity index (χ2v) is 5.82.